The van der Waals surface area contributed by atoms with Crippen molar-refractivity contribution in [3.8, 4) is 5.75 Å². The average molecular weight is 409 g/mol. The number of amides is 2. The highest BCUT2D eigenvalue weighted by atomic mass is 16.5. The van der Waals surface area contributed by atoms with Gasteiger partial charge in [0.15, 0.2) is 6.04 Å². The lowest BCUT2D eigenvalue weighted by molar-refractivity contribution is -0.915. The van der Waals surface area contributed by atoms with Crippen LogP contribution in [0.15, 0.2) is 48.5 Å². The molecule has 2 fully saturated rings. The Morgan fingerprint density at radius 3 is 2.37 bits per heavy atom. The molecule has 2 amide bonds. The van der Waals surface area contributed by atoms with Crippen LogP contribution in [0.3, 0.4) is 0 Å². The minimum atomic E-state index is -1.30. The Labute approximate surface area is 174 Å². The Hall–Kier alpha value is -3.39. The van der Waals surface area contributed by atoms with E-state index in [-0.39, 0.29) is 23.8 Å². The molecule has 0 spiro atoms. The SMILES string of the molecule is COc1ccccc1N1CC[NH+](C2CC(=O)N(c3ccc(C(=O)[O-])cc3)C2=O)CC1. The van der Waals surface area contributed by atoms with Crippen molar-refractivity contribution in [3.05, 3.63) is 54.1 Å². The fourth-order valence-electron chi connectivity index (χ4n) is 4.24. The minimum absolute atomic E-state index is 0.00693. The van der Waals surface area contributed by atoms with Crippen LogP contribution in [-0.2, 0) is 9.59 Å². The third-order valence-electron chi connectivity index (χ3n) is 5.83. The molecule has 30 heavy (non-hydrogen) atoms. The van der Waals surface area contributed by atoms with Crippen LogP contribution in [0, 0.1) is 0 Å². The van der Waals surface area contributed by atoms with Crippen LogP contribution in [-0.4, -0.2) is 57.1 Å². The van der Waals surface area contributed by atoms with E-state index in [0.717, 1.165) is 42.5 Å². The Morgan fingerprint density at radius 1 is 1.07 bits per heavy atom. The van der Waals surface area contributed by atoms with E-state index in [1.54, 1.807) is 7.11 Å². The lowest BCUT2D eigenvalue weighted by atomic mass is 10.1. The molecule has 2 saturated heterocycles. The number of anilines is 2. The van der Waals surface area contributed by atoms with Crippen molar-refractivity contribution >= 4 is 29.2 Å². The zero-order valence-electron chi connectivity index (χ0n) is 16.7. The van der Waals surface area contributed by atoms with Gasteiger partial charge in [0, 0.05) is 0 Å². The van der Waals surface area contributed by atoms with Gasteiger partial charge in [-0.15, -0.1) is 0 Å². The van der Waals surface area contributed by atoms with Gasteiger partial charge in [-0.1, -0.05) is 24.3 Å². The summed E-state index contributed by atoms with van der Waals surface area (Å²) >= 11 is 0. The van der Waals surface area contributed by atoms with Crippen molar-refractivity contribution in [2.45, 2.75) is 12.5 Å². The Balaban J connectivity index is 1.44. The number of methoxy groups -OCH3 is 1. The summed E-state index contributed by atoms with van der Waals surface area (Å²) in [5, 5.41) is 10.9. The lowest BCUT2D eigenvalue weighted by Crippen LogP contribution is -3.19. The van der Waals surface area contributed by atoms with Crippen molar-refractivity contribution in [1.29, 1.82) is 0 Å². The molecule has 2 aliphatic heterocycles. The van der Waals surface area contributed by atoms with Crippen LogP contribution < -0.4 is 24.5 Å². The lowest BCUT2D eigenvalue weighted by Gasteiger charge is -2.36. The second-order valence-corrected chi connectivity index (χ2v) is 7.48. The molecule has 1 N–H and O–H groups in total. The normalized spacial score (nSPS) is 20.0. The van der Waals surface area contributed by atoms with Gasteiger partial charge in [0.25, 0.3) is 5.91 Å². The van der Waals surface area contributed by atoms with Gasteiger partial charge in [-0.25, -0.2) is 4.90 Å². The molecule has 1 unspecified atom stereocenters. The summed E-state index contributed by atoms with van der Waals surface area (Å²) in [6.07, 6.45) is 0.158. The first-order valence-corrected chi connectivity index (χ1v) is 9.90. The van der Waals surface area contributed by atoms with Gasteiger partial charge in [-0.2, -0.15) is 0 Å². The number of hydrogen-bond acceptors (Lipinski definition) is 6. The maximum absolute atomic E-state index is 13.0. The molecule has 4 rings (SSSR count). The number of carbonyl (C=O) groups excluding carboxylic acids is 3. The molecule has 0 saturated carbocycles. The molecular weight excluding hydrogens is 386 g/mol. The zero-order valence-corrected chi connectivity index (χ0v) is 16.7. The van der Waals surface area contributed by atoms with Crippen molar-refractivity contribution in [3.63, 3.8) is 0 Å². The highest BCUT2D eigenvalue weighted by Gasteiger charge is 2.46. The van der Waals surface area contributed by atoms with Gasteiger partial charge in [0.1, 0.15) is 5.75 Å². The quantitative estimate of drug-likeness (QED) is 0.643. The Kier molecular flexibility index (Phi) is 5.41. The number of ether oxygens (including phenoxy) is 1. The zero-order chi connectivity index (χ0) is 21.3. The molecular formula is C22H23N3O5. The van der Waals surface area contributed by atoms with E-state index in [1.165, 1.54) is 29.2 Å². The maximum Gasteiger partial charge on any atom is 0.292 e. The van der Waals surface area contributed by atoms with Crippen LogP contribution in [0.4, 0.5) is 11.4 Å². The number of quaternary nitrogens is 1. The number of nitrogens with zero attached hydrogens (tertiary/aromatic N) is 2. The molecule has 156 valence electrons. The van der Waals surface area contributed by atoms with Crippen LogP contribution in [0.5, 0.6) is 5.75 Å². The van der Waals surface area contributed by atoms with E-state index in [4.69, 9.17) is 4.74 Å². The molecule has 8 nitrogen and oxygen atoms in total. The largest absolute Gasteiger partial charge is 0.545 e. The van der Waals surface area contributed by atoms with Crippen LogP contribution in [0.25, 0.3) is 0 Å². The van der Waals surface area contributed by atoms with Crippen LogP contribution >= 0.6 is 0 Å². The fourth-order valence-corrected chi connectivity index (χ4v) is 4.24. The maximum atomic E-state index is 13.0. The number of nitrogens with one attached hydrogen (secondary N) is 1. The summed E-state index contributed by atoms with van der Waals surface area (Å²) in [4.78, 5) is 41.0. The number of rotatable bonds is 5. The van der Waals surface area contributed by atoms with E-state index in [0.29, 0.717) is 5.69 Å². The van der Waals surface area contributed by atoms with E-state index in [1.807, 2.05) is 24.3 Å². The molecule has 8 heteroatoms. The highest BCUT2D eigenvalue weighted by molar-refractivity contribution is 6.21. The van der Waals surface area contributed by atoms with Crippen LogP contribution in [0.1, 0.15) is 16.8 Å². The van der Waals surface area contributed by atoms with E-state index < -0.39 is 12.0 Å². The molecule has 1 atom stereocenters. The monoisotopic (exact) mass is 409 g/mol. The molecule has 2 aromatic rings. The average Bonchev–Trinajstić information content (AvgIpc) is 3.07. The molecule has 0 radical (unpaired) electrons. The molecule has 0 bridgehead atoms. The topological polar surface area (TPSA) is 94.4 Å². The predicted molar refractivity (Wildman–Crippen MR) is 108 cm³/mol. The number of para-hydroxylation sites is 2. The van der Waals surface area contributed by atoms with Gasteiger partial charge >= 0.3 is 0 Å². The van der Waals surface area contributed by atoms with Crippen LogP contribution in [0.2, 0.25) is 0 Å². The first-order chi connectivity index (χ1) is 14.5. The van der Waals surface area contributed by atoms with E-state index in [9.17, 15) is 19.5 Å². The Bertz CT molecular complexity index is 967. The molecule has 2 aromatic carbocycles. The summed E-state index contributed by atoms with van der Waals surface area (Å²) < 4.78 is 5.45. The minimum Gasteiger partial charge on any atom is -0.545 e. The summed E-state index contributed by atoms with van der Waals surface area (Å²) in [5.74, 6) is -0.970. The third kappa shape index (κ3) is 3.61. The first kappa shape index (κ1) is 19.9. The third-order valence-corrected chi connectivity index (χ3v) is 5.83. The second-order valence-electron chi connectivity index (χ2n) is 7.48. The predicted octanol–water partition coefficient (Wildman–Crippen LogP) is -0.904. The van der Waals surface area contributed by atoms with Gasteiger partial charge in [0.05, 0.1) is 57.1 Å². The number of aromatic carboxylic acids is 1. The molecule has 0 aliphatic carbocycles. The first-order valence-electron chi connectivity index (χ1n) is 9.90. The molecule has 2 heterocycles. The number of carboxylic acids is 1. The summed E-state index contributed by atoms with van der Waals surface area (Å²) in [7, 11) is 1.65. The smallest absolute Gasteiger partial charge is 0.292 e. The standard InChI is InChI=1S/C22H23N3O5/c1-30-19-5-3-2-4-17(19)23-10-12-24(13-11-23)18-14-20(26)25(21(18)27)16-8-6-15(7-9-16)22(28)29/h2-9,18H,10-14H2,1H3,(H,28,29). The summed E-state index contributed by atoms with van der Waals surface area (Å²) in [5.41, 5.74) is 1.43. The Morgan fingerprint density at radius 2 is 1.73 bits per heavy atom. The van der Waals surface area contributed by atoms with Gasteiger partial charge in [-0.3, -0.25) is 9.59 Å². The van der Waals surface area contributed by atoms with Crippen molar-refractivity contribution in [2.24, 2.45) is 0 Å². The summed E-state index contributed by atoms with van der Waals surface area (Å²) in [6, 6.07) is 13.1. The van der Waals surface area contributed by atoms with E-state index >= 15 is 0 Å². The van der Waals surface area contributed by atoms with Gasteiger partial charge in [-0.05, 0) is 29.8 Å². The summed E-state index contributed by atoms with van der Waals surface area (Å²) in [6.45, 7) is 2.99. The second kappa shape index (κ2) is 8.16. The highest BCUT2D eigenvalue weighted by Crippen LogP contribution is 2.27. The van der Waals surface area contributed by atoms with Gasteiger partial charge in [0.2, 0.25) is 5.91 Å². The van der Waals surface area contributed by atoms with Crippen molar-refractivity contribution in [2.75, 3.05) is 43.1 Å². The number of imide groups is 1. The van der Waals surface area contributed by atoms with Crippen molar-refractivity contribution < 1.29 is 29.1 Å². The molecule has 2 aliphatic rings. The van der Waals surface area contributed by atoms with Crippen molar-refractivity contribution in [1.82, 2.24) is 0 Å². The molecule has 0 aromatic heterocycles. The number of carbonyl (C=O) groups is 3. The number of benzene rings is 2. The fraction of sp³-hybridized carbons (Fsp3) is 0.318. The number of piperazine rings is 1. The number of carboxylic acid groups (broad SMARTS) is 1. The van der Waals surface area contributed by atoms with E-state index in [2.05, 4.69) is 4.90 Å². The van der Waals surface area contributed by atoms with Gasteiger partial charge < -0.3 is 24.4 Å². The number of hydrogen-bond donors (Lipinski definition) is 1.